The number of hydrogen-bond acceptors (Lipinski definition) is 3. The molecule has 0 aliphatic heterocycles. The molecule has 28 heavy (non-hydrogen) atoms. The second-order valence-corrected chi connectivity index (χ2v) is 6.22. The summed E-state index contributed by atoms with van der Waals surface area (Å²) in [5.74, 6) is -0.753. The van der Waals surface area contributed by atoms with Gasteiger partial charge in [0.05, 0.1) is 5.02 Å². The molecule has 142 valence electrons. The molecule has 0 aromatic heterocycles. The zero-order valence-corrected chi connectivity index (χ0v) is 15.4. The summed E-state index contributed by atoms with van der Waals surface area (Å²) in [5, 5.41) is 5.21. The zero-order valence-electron chi connectivity index (χ0n) is 14.6. The van der Waals surface area contributed by atoms with Crippen LogP contribution in [0.2, 0.25) is 5.02 Å². The van der Waals surface area contributed by atoms with Crippen LogP contribution in [0.25, 0.3) is 0 Å². The van der Waals surface area contributed by atoms with E-state index in [0.717, 1.165) is 0 Å². The Balaban J connectivity index is 1.60. The Bertz CT molecular complexity index is 996. The molecule has 3 aromatic carbocycles. The van der Waals surface area contributed by atoms with Crippen LogP contribution in [0.15, 0.2) is 72.8 Å². The summed E-state index contributed by atoms with van der Waals surface area (Å²) in [7, 11) is 0. The fourth-order valence-corrected chi connectivity index (χ4v) is 2.56. The molecule has 0 radical (unpaired) electrons. The molecule has 0 fully saturated rings. The molecule has 0 atom stereocenters. The molecule has 0 aliphatic carbocycles. The van der Waals surface area contributed by atoms with E-state index in [1.807, 2.05) is 18.2 Å². The quantitative estimate of drug-likeness (QED) is 0.629. The van der Waals surface area contributed by atoms with Crippen molar-refractivity contribution in [1.29, 1.82) is 0 Å². The molecule has 7 heteroatoms. The molecule has 0 saturated heterocycles. The van der Waals surface area contributed by atoms with Crippen LogP contribution in [-0.2, 0) is 4.79 Å². The maximum Gasteiger partial charge on any atom is 0.262 e. The van der Waals surface area contributed by atoms with Crippen molar-refractivity contribution in [2.24, 2.45) is 0 Å². The second kappa shape index (κ2) is 9.01. The van der Waals surface area contributed by atoms with Gasteiger partial charge in [0.15, 0.2) is 6.61 Å². The topological polar surface area (TPSA) is 67.4 Å². The normalized spacial score (nSPS) is 10.2. The smallest absolute Gasteiger partial charge is 0.262 e. The van der Waals surface area contributed by atoms with E-state index < -0.39 is 11.7 Å². The average molecular weight is 399 g/mol. The second-order valence-electron chi connectivity index (χ2n) is 5.81. The van der Waals surface area contributed by atoms with E-state index in [1.54, 1.807) is 30.3 Å². The van der Waals surface area contributed by atoms with Crippen LogP contribution in [0.4, 0.5) is 15.8 Å². The number of amides is 2. The van der Waals surface area contributed by atoms with Crippen molar-refractivity contribution in [2.45, 2.75) is 0 Å². The molecule has 0 bridgehead atoms. The van der Waals surface area contributed by atoms with E-state index in [-0.39, 0.29) is 17.5 Å². The first kappa shape index (κ1) is 19.4. The number of benzene rings is 3. The molecule has 0 spiro atoms. The summed E-state index contributed by atoms with van der Waals surface area (Å²) >= 11 is 5.71. The Morgan fingerprint density at radius 2 is 1.64 bits per heavy atom. The molecular formula is C21H16ClFN2O3. The van der Waals surface area contributed by atoms with Gasteiger partial charge in [-0.3, -0.25) is 9.59 Å². The van der Waals surface area contributed by atoms with Gasteiger partial charge in [0.2, 0.25) is 0 Å². The molecule has 0 unspecified atom stereocenters. The number of hydrogen-bond donors (Lipinski definition) is 2. The predicted molar refractivity (Wildman–Crippen MR) is 106 cm³/mol. The van der Waals surface area contributed by atoms with E-state index in [2.05, 4.69) is 10.6 Å². The molecule has 0 heterocycles. The summed E-state index contributed by atoms with van der Waals surface area (Å²) in [6, 6.07) is 19.3. The van der Waals surface area contributed by atoms with Gasteiger partial charge in [-0.25, -0.2) is 4.39 Å². The summed E-state index contributed by atoms with van der Waals surface area (Å²) in [4.78, 5) is 24.4. The Morgan fingerprint density at radius 1 is 0.893 bits per heavy atom. The maximum absolute atomic E-state index is 13.2. The lowest BCUT2D eigenvalue weighted by Crippen LogP contribution is -2.20. The fourth-order valence-electron chi connectivity index (χ4n) is 2.38. The highest BCUT2D eigenvalue weighted by Crippen LogP contribution is 2.20. The minimum atomic E-state index is -0.568. The van der Waals surface area contributed by atoms with E-state index >= 15 is 0 Å². The summed E-state index contributed by atoms with van der Waals surface area (Å²) in [6.07, 6.45) is 0. The van der Waals surface area contributed by atoms with Crippen molar-refractivity contribution in [3.8, 4) is 5.75 Å². The molecule has 5 nitrogen and oxygen atoms in total. The van der Waals surface area contributed by atoms with Gasteiger partial charge >= 0.3 is 0 Å². The number of nitrogens with one attached hydrogen (secondary N) is 2. The van der Waals surface area contributed by atoms with Crippen LogP contribution >= 0.6 is 11.6 Å². The van der Waals surface area contributed by atoms with Gasteiger partial charge in [0, 0.05) is 16.9 Å². The number of anilines is 2. The Morgan fingerprint density at radius 3 is 2.39 bits per heavy atom. The molecule has 2 N–H and O–H groups in total. The third-order valence-electron chi connectivity index (χ3n) is 3.70. The van der Waals surface area contributed by atoms with Gasteiger partial charge in [-0.05, 0) is 48.5 Å². The van der Waals surface area contributed by atoms with Gasteiger partial charge in [-0.1, -0.05) is 35.9 Å². The monoisotopic (exact) mass is 398 g/mol. The lowest BCUT2D eigenvalue weighted by atomic mass is 10.2. The first-order valence-corrected chi connectivity index (χ1v) is 8.73. The molecule has 3 rings (SSSR count). The zero-order chi connectivity index (χ0) is 19.9. The number of ether oxygens (including phenoxy) is 1. The third-order valence-corrected chi connectivity index (χ3v) is 3.99. The highest BCUT2D eigenvalue weighted by molar-refractivity contribution is 6.31. The third kappa shape index (κ3) is 5.31. The number of halogens is 2. The Hall–Kier alpha value is -3.38. The van der Waals surface area contributed by atoms with Crippen molar-refractivity contribution < 1.29 is 18.7 Å². The van der Waals surface area contributed by atoms with Crippen LogP contribution in [0.1, 0.15) is 10.4 Å². The summed E-state index contributed by atoms with van der Waals surface area (Å²) in [6.45, 7) is -0.158. The average Bonchev–Trinajstić information content (AvgIpc) is 2.70. The minimum Gasteiger partial charge on any atom is -0.484 e. The number of carbonyl (C=O) groups excluding carboxylic acids is 2. The molecule has 0 aliphatic rings. The van der Waals surface area contributed by atoms with Crippen molar-refractivity contribution in [1.82, 2.24) is 0 Å². The first-order chi connectivity index (χ1) is 13.5. The van der Waals surface area contributed by atoms with Gasteiger partial charge < -0.3 is 15.4 Å². The van der Waals surface area contributed by atoms with Crippen LogP contribution in [-0.4, -0.2) is 18.4 Å². The van der Waals surface area contributed by atoms with Crippen molar-refractivity contribution >= 4 is 34.8 Å². The Kier molecular flexibility index (Phi) is 6.24. The summed E-state index contributed by atoms with van der Waals surface area (Å²) in [5.41, 5.74) is 1.13. The van der Waals surface area contributed by atoms with Crippen molar-refractivity contribution in [3.05, 3.63) is 89.2 Å². The fraction of sp³-hybridized carbons (Fsp3) is 0.0476. The largest absolute Gasteiger partial charge is 0.484 e. The van der Waals surface area contributed by atoms with Gasteiger partial charge in [-0.2, -0.15) is 0 Å². The Labute approximate surface area is 166 Å². The highest BCUT2D eigenvalue weighted by Gasteiger charge is 2.10. The molecular weight excluding hydrogens is 383 g/mol. The van der Waals surface area contributed by atoms with E-state index in [9.17, 15) is 14.0 Å². The van der Waals surface area contributed by atoms with E-state index in [1.165, 1.54) is 24.3 Å². The van der Waals surface area contributed by atoms with Crippen LogP contribution in [0.3, 0.4) is 0 Å². The number of rotatable bonds is 6. The van der Waals surface area contributed by atoms with Gasteiger partial charge in [-0.15, -0.1) is 0 Å². The van der Waals surface area contributed by atoms with E-state index in [4.69, 9.17) is 16.3 Å². The lowest BCUT2D eigenvalue weighted by molar-refractivity contribution is -0.118. The molecule has 2 amide bonds. The maximum atomic E-state index is 13.2. The molecule has 0 saturated carbocycles. The first-order valence-electron chi connectivity index (χ1n) is 8.35. The standard InChI is InChI=1S/C21H16ClFN2O3/c22-18-12-16(9-10-19(18)23)25-21(27)14-5-4-6-15(11-14)24-20(26)13-28-17-7-2-1-3-8-17/h1-12H,13H2,(H,24,26)(H,25,27). The van der Waals surface area contributed by atoms with Gasteiger partial charge in [0.1, 0.15) is 11.6 Å². The van der Waals surface area contributed by atoms with E-state index in [0.29, 0.717) is 22.7 Å². The summed E-state index contributed by atoms with van der Waals surface area (Å²) < 4.78 is 18.6. The highest BCUT2D eigenvalue weighted by atomic mass is 35.5. The van der Waals surface area contributed by atoms with Crippen molar-refractivity contribution in [2.75, 3.05) is 17.2 Å². The van der Waals surface area contributed by atoms with Crippen molar-refractivity contribution in [3.63, 3.8) is 0 Å². The molecule has 3 aromatic rings. The van der Waals surface area contributed by atoms with Gasteiger partial charge in [0.25, 0.3) is 11.8 Å². The van der Waals surface area contributed by atoms with Crippen LogP contribution in [0.5, 0.6) is 5.75 Å². The predicted octanol–water partition coefficient (Wildman–Crippen LogP) is 4.75. The van der Waals surface area contributed by atoms with Crippen LogP contribution in [0, 0.1) is 5.82 Å². The number of para-hydroxylation sites is 1. The van der Waals surface area contributed by atoms with Crippen LogP contribution < -0.4 is 15.4 Å². The minimum absolute atomic E-state index is 0.0859. The lowest BCUT2D eigenvalue weighted by Gasteiger charge is -2.10. The number of carbonyl (C=O) groups is 2. The SMILES string of the molecule is O=C(COc1ccccc1)Nc1cccc(C(=O)Nc2ccc(F)c(Cl)c2)c1.